The SMILES string of the molecule is CC1(C)Cc2cc(-c3ccc(F)c(Cl)c3)ccc2C1NC(=O)O[C@@H]1CN2CCC1CC2. The first-order valence-corrected chi connectivity index (χ1v) is 11.5. The number of fused-ring (bicyclic) bond motifs is 4. The van der Waals surface area contributed by atoms with Gasteiger partial charge in [-0.2, -0.15) is 0 Å². The molecule has 0 radical (unpaired) electrons. The highest BCUT2D eigenvalue weighted by Gasteiger charge is 2.42. The monoisotopic (exact) mass is 442 g/mol. The lowest BCUT2D eigenvalue weighted by Crippen LogP contribution is -2.53. The summed E-state index contributed by atoms with van der Waals surface area (Å²) < 4.78 is 19.4. The van der Waals surface area contributed by atoms with E-state index < -0.39 is 5.82 Å². The van der Waals surface area contributed by atoms with Gasteiger partial charge in [0.2, 0.25) is 0 Å². The van der Waals surface area contributed by atoms with E-state index in [-0.39, 0.29) is 28.7 Å². The molecule has 164 valence electrons. The van der Waals surface area contributed by atoms with Crippen LogP contribution in [0.15, 0.2) is 36.4 Å². The zero-order valence-corrected chi connectivity index (χ0v) is 18.7. The van der Waals surface area contributed by atoms with Gasteiger partial charge >= 0.3 is 6.09 Å². The van der Waals surface area contributed by atoms with Gasteiger partial charge in [-0.05, 0) is 78.1 Å². The average Bonchev–Trinajstić information content (AvgIpc) is 2.99. The van der Waals surface area contributed by atoms with E-state index in [0.29, 0.717) is 5.92 Å². The Labute approximate surface area is 187 Å². The summed E-state index contributed by atoms with van der Waals surface area (Å²) in [6, 6.07) is 10.9. The first-order valence-electron chi connectivity index (χ1n) is 11.1. The number of rotatable bonds is 3. The van der Waals surface area contributed by atoms with Crippen molar-refractivity contribution < 1.29 is 13.9 Å². The molecule has 4 nitrogen and oxygen atoms in total. The van der Waals surface area contributed by atoms with E-state index in [9.17, 15) is 9.18 Å². The molecule has 4 aliphatic rings. The highest BCUT2D eigenvalue weighted by atomic mass is 35.5. The zero-order chi connectivity index (χ0) is 21.8. The number of nitrogens with zero attached hydrogens (tertiary/aromatic N) is 1. The quantitative estimate of drug-likeness (QED) is 0.673. The van der Waals surface area contributed by atoms with Gasteiger partial charge in [0, 0.05) is 6.54 Å². The molecule has 1 aliphatic carbocycles. The van der Waals surface area contributed by atoms with Crippen LogP contribution in [0.2, 0.25) is 5.02 Å². The van der Waals surface area contributed by atoms with Gasteiger partial charge in [-0.15, -0.1) is 0 Å². The fourth-order valence-electron chi connectivity index (χ4n) is 5.52. The van der Waals surface area contributed by atoms with Gasteiger partial charge in [0.25, 0.3) is 0 Å². The highest BCUT2D eigenvalue weighted by Crippen LogP contribution is 2.46. The Kier molecular flexibility index (Phi) is 5.22. The van der Waals surface area contributed by atoms with Crippen LogP contribution in [0, 0.1) is 17.2 Å². The van der Waals surface area contributed by atoms with Crippen molar-refractivity contribution in [2.24, 2.45) is 11.3 Å². The Balaban J connectivity index is 1.33. The third-order valence-electron chi connectivity index (χ3n) is 7.25. The molecule has 3 aliphatic heterocycles. The number of amides is 1. The fourth-order valence-corrected chi connectivity index (χ4v) is 5.70. The number of piperidine rings is 3. The number of nitrogens with one attached hydrogen (secondary N) is 1. The van der Waals surface area contributed by atoms with Crippen LogP contribution in [-0.2, 0) is 11.2 Å². The zero-order valence-electron chi connectivity index (χ0n) is 18.0. The number of ether oxygens (including phenoxy) is 1. The number of halogens is 2. The summed E-state index contributed by atoms with van der Waals surface area (Å²) >= 11 is 5.97. The van der Waals surface area contributed by atoms with Gasteiger partial charge in [0.1, 0.15) is 11.9 Å². The average molecular weight is 443 g/mol. The molecule has 1 unspecified atom stereocenters. The summed E-state index contributed by atoms with van der Waals surface area (Å²) in [6.45, 7) is 7.43. The summed E-state index contributed by atoms with van der Waals surface area (Å²) in [6.07, 6.45) is 2.75. The van der Waals surface area contributed by atoms with Crippen LogP contribution in [0.25, 0.3) is 11.1 Å². The molecule has 3 saturated heterocycles. The molecule has 2 aromatic rings. The van der Waals surface area contributed by atoms with E-state index in [1.807, 2.05) is 6.07 Å². The number of benzene rings is 2. The predicted molar refractivity (Wildman–Crippen MR) is 120 cm³/mol. The molecule has 3 heterocycles. The first kappa shape index (κ1) is 20.8. The van der Waals surface area contributed by atoms with Gasteiger partial charge in [0.15, 0.2) is 0 Å². The van der Waals surface area contributed by atoms with Gasteiger partial charge in [0.05, 0.1) is 11.1 Å². The van der Waals surface area contributed by atoms with E-state index in [0.717, 1.165) is 55.6 Å². The van der Waals surface area contributed by atoms with Crippen LogP contribution in [0.5, 0.6) is 0 Å². The van der Waals surface area contributed by atoms with Crippen molar-refractivity contribution >= 4 is 17.7 Å². The molecule has 31 heavy (non-hydrogen) atoms. The predicted octanol–water partition coefficient (Wildman–Crippen LogP) is 5.59. The second kappa shape index (κ2) is 7.79. The van der Waals surface area contributed by atoms with Crippen molar-refractivity contribution in [2.45, 2.75) is 45.3 Å². The highest BCUT2D eigenvalue weighted by molar-refractivity contribution is 6.31. The maximum Gasteiger partial charge on any atom is 0.407 e. The van der Waals surface area contributed by atoms with E-state index in [2.05, 4.69) is 36.2 Å². The molecule has 1 amide bonds. The Bertz CT molecular complexity index is 1020. The normalized spacial score (nSPS) is 28.3. The van der Waals surface area contributed by atoms with E-state index in [4.69, 9.17) is 16.3 Å². The minimum atomic E-state index is -0.418. The molecule has 1 N–H and O–H groups in total. The van der Waals surface area contributed by atoms with Crippen molar-refractivity contribution in [3.05, 3.63) is 58.4 Å². The van der Waals surface area contributed by atoms with Gasteiger partial charge < -0.3 is 10.1 Å². The largest absolute Gasteiger partial charge is 0.445 e. The minimum absolute atomic E-state index is 0.00270. The van der Waals surface area contributed by atoms with Crippen LogP contribution in [0.3, 0.4) is 0 Å². The fraction of sp³-hybridized carbons (Fsp3) is 0.480. The van der Waals surface area contributed by atoms with Crippen LogP contribution in [-0.4, -0.2) is 36.7 Å². The second-order valence-corrected chi connectivity index (χ2v) is 10.3. The molecule has 6 rings (SSSR count). The van der Waals surface area contributed by atoms with Crippen molar-refractivity contribution in [3.63, 3.8) is 0 Å². The van der Waals surface area contributed by atoms with Gasteiger partial charge in [-0.1, -0.05) is 49.7 Å². The van der Waals surface area contributed by atoms with Crippen LogP contribution in [0.4, 0.5) is 9.18 Å². The Hall–Kier alpha value is -2.11. The summed E-state index contributed by atoms with van der Waals surface area (Å²) in [4.78, 5) is 15.2. The first-order chi connectivity index (χ1) is 14.8. The lowest BCUT2D eigenvalue weighted by molar-refractivity contribution is -0.0348. The smallest absolute Gasteiger partial charge is 0.407 e. The Morgan fingerprint density at radius 1 is 1.16 bits per heavy atom. The Morgan fingerprint density at radius 2 is 1.87 bits per heavy atom. The third-order valence-corrected chi connectivity index (χ3v) is 7.54. The standard InChI is InChI=1S/C25H28ClFN2O2/c1-25(2)13-18-11-16(17-4-6-21(27)20(26)12-17)3-5-19(18)23(25)28-24(30)31-22-14-29-9-7-15(22)8-10-29/h3-6,11-12,15,22-23H,7-10,13-14H2,1-2H3,(H,28,30)/t22-,23?/m1/s1. The van der Waals surface area contributed by atoms with Gasteiger partial charge in [-0.25, -0.2) is 9.18 Å². The minimum Gasteiger partial charge on any atom is -0.445 e. The van der Waals surface area contributed by atoms with Crippen molar-refractivity contribution in [1.29, 1.82) is 0 Å². The molecule has 2 aromatic carbocycles. The second-order valence-electron chi connectivity index (χ2n) is 9.87. The van der Waals surface area contributed by atoms with E-state index in [1.54, 1.807) is 12.1 Å². The molecule has 0 aromatic heterocycles. The van der Waals surface area contributed by atoms with E-state index in [1.165, 1.54) is 11.6 Å². The third kappa shape index (κ3) is 3.94. The van der Waals surface area contributed by atoms with Gasteiger partial charge in [-0.3, -0.25) is 4.90 Å². The van der Waals surface area contributed by atoms with Crippen molar-refractivity contribution in [3.8, 4) is 11.1 Å². The van der Waals surface area contributed by atoms with E-state index >= 15 is 0 Å². The molecule has 2 bridgehead atoms. The number of hydrogen-bond donors (Lipinski definition) is 1. The lowest BCUT2D eigenvalue weighted by atomic mass is 9.85. The molecular formula is C25H28ClFN2O2. The molecule has 6 heteroatoms. The Morgan fingerprint density at radius 3 is 2.55 bits per heavy atom. The molecular weight excluding hydrogens is 415 g/mol. The van der Waals surface area contributed by atoms with Crippen molar-refractivity contribution in [1.82, 2.24) is 10.2 Å². The molecule has 0 spiro atoms. The van der Waals surface area contributed by atoms with Crippen LogP contribution >= 0.6 is 11.6 Å². The van der Waals surface area contributed by atoms with Crippen LogP contribution < -0.4 is 5.32 Å². The summed E-state index contributed by atoms with van der Waals surface area (Å²) in [5.74, 6) is 0.0724. The summed E-state index contributed by atoms with van der Waals surface area (Å²) in [5.41, 5.74) is 4.05. The number of alkyl carbamates (subject to hydrolysis) is 1. The molecule has 0 saturated carbocycles. The summed E-state index contributed by atoms with van der Waals surface area (Å²) in [5, 5.41) is 3.28. The molecule has 2 atom stereocenters. The van der Waals surface area contributed by atoms with Crippen molar-refractivity contribution in [2.75, 3.05) is 19.6 Å². The number of hydrogen-bond acceptors (Lipinski definition) is 3. The van der Waals surface area contributed by atoms with Crippen LogP contribution in [0.1, 0.15) is 43.9 Å². The lowest BCUT2D eigenvalue weighted by Gasteiger charge is -2.44. The maximum atomic E-state index is 13.5. The molecule has 3 fully saturated rings. The topological polar surface area (TPSA) is 41.6 Å². The summed E-state index contributed by atoms with van der Waals surface area (Å²) in [7, 11) is 0. The number of carbonyl (C=O) groups is 1. The number of carbonyl (C=O) groups excluding carboxylic acids is 1. The maximum absolute atomic E-state index is 13.5.